The molecule has 0 aromatic heterocycles. The maximum absolute atomic E-state index is 13.1. The molecule has 6 aromatic carbocycles. The second-order valence-corrected chi connectivity index (χ2v) is 22.7. The van der Waals surface area contributed by atoms with E-state index < -0.39 is 45.5 Å². The van der Waals surface area contributed by atoms with Crippen LogP contribution in [0.25, 0.3) is 0 Å². The smallest absolute Gasteiger partial charge is 0.355 e. The van der Waals surface area contributed by atoms with Crippen molar-refractivity contribution in [3.8, 4) is 40.2 Å². The molecule has 452 valence electrons. The SMILES string of the molecule is CC(=O)C1=CC(=O)C(=[NH2+])C=C1.CC(=O)c1ccc(NC(=O)C(C)(C)Oc2ccc(Cl)cc2)c(OC(=O)C(C)(C)Oc2ccc(Cl)cc2)c1.CC(=O)c1ccc(OC(=O)C(C)(C)Oc2ccc(Cl)cc2)c(O)c1.CC(C)(Oc1ccc(Cl)cc1)C(=O)Cl. The van der Waals surface area contributed by atoms with Gasteiger partial charge < -0.3 is 38.8 Å². The summed E-state index contributed by atoms with van der Waals surface area (Å²) < 4.78 is 33.5. The van der Waals surface area contributed by atoms with E-state index >= 15 is 0 Å². The number of allylic oxidation sites excluding steroid dienone is 4. The summed E-state index contributed by atoms with van der Waals surface area (Å²) in [6.07, 6.45) is 4.23. The Bertz CT molecular complexity index is 3560. The van der Waals surface area contributed by atoms with Gasteiger partial charge >= 0.3 is 11.9 Å². The van der Waals surface area contributed by atoms with Crippen LogP contribution < -0.4 is 39.1 Å². The monoisotopic (exact) mass is 1270 g/mol. The molecule has 4 N–H and O–H groups in total. The number of ketones is 4. The molecule has 1 amide bonds. The Morgan fingerprint density at radius 2 is 0.826 bits per heavy atom. The molecule has 1 aliphatic rings. The number of rotatable bonds is 18. The molecule has 0 unspecified atom stereocenters. The lowest BCUT2D eigenvalue weighted by Gasteiger charge is -2.27. The van der Waals surface area contributed by atoms with Crippen molar-refractivity contribution in [2.45, 2.75) is 98.6 Å². The summed E-state index contributed by atoms with van der Waals surface area (Å²) in [5, 5.41) is 19.6. The Kier molecular flexibility index (Phi) is 25.0. The Hall–Kier alpha value is -8.32. The summed E-state index contributed by atoms with van der Waals surface area (Å²) >= 11 is 28.7. The minimum atomic E-state index is -1.40. The van der Waals surface area contributed by atoms with Crippen LogP contribution >= 0.6 is 58.0 Å². The van der Waals surface area contributed by atoms with Crippen molar-refractivity contribution >= 4 is 116 Å². The predicted molar refractivity (Wildman–Crippen MR) is 330 cm³/mol. The number of phenols is 1. The van der Waals surface area contributed by atoms with Gasteiger partial charge in [0.2, 0.25) is 22.7 Å². The van der Waals surface area contributed by atoms with Crippen LogP contribution in [0.3, 0.4) is 0 Å². The summed E-state index contributed by atoms with van der Waals surface area (Å²) in [6.45, 7) is 16.7. The highest BCUT2D eigenvalue weighted by atomic mass is 35.5. The van der Waals surface area contributed by atoms with E-state index in [9.17, 15) is 43.5 Å². The van der Waals surface area contributed by atoms with Gasteiger partial charge in [0.1, 0.15) is 23.0 Å². The molecule has 17 nitrogen and oxygen atoms in total. The number of carbonyl (C=O) groups is 8. The molecular weight excluding hydrogens is 1210 g/mol. The fourth-order valence-electron chi connectivity index (χ4n) is 6.58. The number of aromatic hydroxyl groups is 1. The van der Waals surface area contributed by atoms with Crippen LogP contribution in [0.2, 0.25) is 20.1 Å². The highest BCUT2D eigenvalue weighted by Crippen LogP contribution is 2.33. The summed E-state index contributed by atoms with van der Waals surface area (Å²) in [5.74, 6) is -1.26. The maximum Gasteiger partial charge on any atom is 0.355 e. The van der Waals surface area contributed by atoms with Crippen molar-refractivity contribution in [3.63, 3.8) is 0 Å². The summed E-state index contributed by atoms with van der Waals surface area (Å²) in [6, 6.07) is 34.9. The van der Waals surface area contributed by atoms with Crippen LogP contribution in [0.15, 0.2) is 157 Å². The zero-order chi connectivity index (χ0) is 64.5. The molecule has 22 heteroatoms. The number of carbonyl (C=O) groups excluding carboxylic acids is 8. The first-order valence-corrected chi connectivity index (χ1v) is 27.7. The number of Topliss-reactive ketones (excluding diaryl/α,β-unsaturated/α-hetero) is 3. The Morgan fingerprint density at radius 3 is 1.19 bits per heavy atom. The first kappa shape index (κ1) is 70.2. The fourth-order valence-corrected chi connectivity index (χ4v) is 7.12. The lowest BCUT2D eigenvalue weighted by atomic mass is 10.0. The van der Waals surface area contributed by atoms with Gasteiger partial charge in [-0.3, -0.25) is 34.2 Å². The minimum Gasteiger partial charge on any atom is -0.504 e. The van der Waals surface area contributed by atoms with Crippen LogP contribution in [0.4, 0.5) is 5.69 Å². The van der Waals surface area contributed by atoms with Crippen LogP contribution in [-0.2, 0) is 28.8 Å². The summed E-state index contributed by atoms with van der Waals surface area (Å²) in [7, 11) is 0. The van der Waals surface area contributed by atoms with Crippen molar-refractivity contribution < 1.29 is 77.3 Å². The van der Waals surface area contributed by atoms with Gasteiger partial charge in [-0.05, 0) is 227 Å². The van der Waals surface area contributed by atoms with Gasteiger partial charge in [-0.25, -0.2) is 9.59 Å². The van der Waals surface area contributed by atoms with Crippen molar-refractivity contribution in [1.82, 2.24) is 0 Å². The van der Waals surface area contributed by atoms with E-state index in [0.29, 0.717) is 59.8 Å². The number of halogens is 5. The molecule has 86 heavy (non-hydrogen) atoms. The van der Waals surface area contributed by atoms with Crippen LogP contribution in [-0.4, -0.2) is 79.4 Å². The Labute approximate surface area is 522 Å². The Morgan fingerprint density at radius 1 is 0.465 bits per heavy atom. The first-order valence-electron chi connectivity index (χ1n) is 25.8. The summed E-state index contributed by atoms with van der Waals surface area (Å²) in [5.41, 5.74) is -3.63. The van der Waals surface area contributed by atoms with Crippen LogP contribution in [0.1, 0.15) is 96.9 Å². The number of phenolic OH excluding ortho intramolecular Hbond substituents is 1. The van der Waals surface area contributed by atoms with Crippen molar-refractivity contribution in [3.05, 3.63) is 188 Å². The van der Waals surface area contributed by atoms with Crippen molar-refractivity contribution in [2.75, 3.05) is 5.32 Å². The molecule has 7 rings (SSSR count). The quantitative estimate of drug-likeness (QED) is 0.0238. The molecule has 6 aromatic rings. The third kappa shape index (κ3) is 21.9. The zero-order valence-electron chi connectivity index (χ0n) is 48.6. The maximum atomic E-state index is 13.1. The highest BCUT2D eigenvalue weighted by molar-refractivity contribution is 6.65. The van der Waals surface area contributed by atoms with E-state index in [-0.39, 0.29) is 51.8 Å². The molecule has 0 spiro atoms. The van der Waals surface area contributed by atoms with Crippen LogP contribution in [0, 0.1) is 0 Å². The van der Waals surface area contributed by atoms with E-state index in [4.69, 9.17) is 91.8 Å². The summed E-state index contributed by atoms with van der Waals surface area (Å²) in [4.78, 5) is 94.3. The van der Waals surface area contributed by atoms with Gasteiger partial charge in [0.25, 0.3) is 11.1 Å². The standard InChI is InChI=1S/C28H27Cl2NO6.C18H17ClO5.C10H10Cl2O2.C8H7NO2/c1-17(32)18-6-15-23(31-25(33)27(2,3)36-21-11-7-19(29)8-12-21)24(16-18)35-26(34)28(4,5)37-22-13-9-20(30)10-14-22;1-11(20)12-4-9-16(15(21)10-12)23-17(22)18(2,3)24-14-7-5-13(19)6-8-14;1-10(2,9(12)13)14-8-5-3-7(11)4-6-8;1-5(10)6-2-3-7(9)8(11)4-6/h6-16H,1-5H3,(H,31,33);4-10,21H,1-3H3;3-6H,1-2H3;2-4,9H,1H3/p+1. The number of nitrogens with two attached hydrogens (primary N) is 1. The second kappa shape index (κ2) is 30.7. The number of anilines is 1. The van der Waals surface area contributed by atoms with E-state index in [1.807, 2.05) is 0 Å². The number of benzene rings is 6. The number of esters is 2. The van der Waals surface area contributed by atoms with Gasteiger partial charge in [0, 0.05) is 48.9 Å². The largest absolute Gasteiger partial charge is 0.504 e. The molecule has 0 bridgehead atoms. The third-order valence-corrected chi connectivity index (χ3v) is 13.0. The number of nitrogens with one attached hydrogen (secondary N) is 1. The van der Waals surface area contributed by atoms with Gasteiger partial charge in [-0.15, -0.1) is 0 Å². The zero-order valence-corrected chi connectivity index (χ0v) is 52.3. The van der Waals surface area contributed by atoms with Gasteiger partial charge in [0.05, 0.1) is 5.69 Å². The molecule has 0 saturated heterocycles. The molecule has 0 aliphatic heterocycles. The second-order valence-electron chi connectivity index (χ2n) is 20.6. The van der Waals surface area contributed by atoms with E-state index in [0.717, 1.165) is 0 Å². The number of hydrogen-bond acceptors (Lipinski definition) is 15. The molecular formula is C64H62Cl5N2O15+. The molecule has 0 radical (unpaired) electrons. The van der Waals surface area contributed by atoms with Gasteiger partial charge in [0.15, 0.2) is 45.8 Å². The Balaban J connectivity index is 0.000000274. The number of amides is 1. The molecule has 0 heterocycles. The van der Waals surface area contributed by atoms with Crippen molar-refractivity contribution in [1.29, 1.82) is 0 Å². The topological polar surface area (TPSA) is 250 Å². The van der Waals surface area contributed by atoms with E-state index in [2.05, 4.69) is 5.32 Å². The average molecular weight is 1280 g/mol. The molecule has 1 aliphatic carbocycles. The lowest BCUT2D eigenvalue weighted by Crippen LogP contribution is -2.43. The fraction of sp³-hybridized carbons (Fsp3) is 0.234. The predicted octanol–water partition coefficient (Wildman–Crippen LogP) is 12.9. The minimum absolute atomic E-state index is 0.0128. The number of ether oxygens (including phenoxy) is 6. The average Bonchev–Trinajstić information content (AvgIpc) is 2.74. The molecule has 0 saturated carbocycles. The normalized spacial score (nSPS) is 11.9. The lowest BCUT2D eigenvalue weighted by molar-refractivity contribution is -0.149. The first-order chi connectivity index (χ1) is 40.0. The third-order valence-electron chi connectivity index (χ3n) is 11.6. The highest BCUT2D eigenvalue weighted by Gasteiger charge is 2.36. The van der Waals surface area contributed by atoms with Gasteiger partial charge in [-0.1, -0.05) is 46.4 Å². The van der Waals surface area contributed by atoms with E-state index in [1.165, 1.54) is 69.3 Å². The molecule has 0 atom stereocenters. The van der Waals surface area contributed by atoms with Crippen LogP contribution in [0.5, 0.6) is 40.2 Å². The number of hydrogen-bond donors (Lipinski definition) is 3. The van der Waals surface area contributed by atoms with Crippen molar-refractivity contribution in [2.24, 2.45) is 0 Å². The van der Waals surface area contributed by atoms with E-state index in [1.54, 1.807) is 159 Å². The van der Waals surface area contributed by atoms with Gasteiger partial charge in [-0.2, -0.15) is 0 Å². The molecule has 0 fully saturated rings.